The van der Waals surface area contributed by atoms with Gasteiger partial charge in [0.2, 0.25) is 5.91 Å². The van der Waals surface area contributed by atoms with Crippen molar-refractivity contribution in [1.29, 1.82) is 0 Å². The second-order valence-corrected chi connectivity index (χ2v) is 9.83. The van der Waals surface area contributed by atoms with Crippen molar-refractivity contribution in [3.8, 4) is 22.4 Å². The van der Waals surface area contributed by atoms with E-state index in [1.54, 1.807) is 0 Å². The third kappa shape index (κ3) is 8.17. The molecular formula is C30H40N6O4. The second kappa shape index (κ2) is 14.9. The zero-order valence-electron chi connectivity index (χ0n) is 23.1. The highest BCUT2D eigenvalue weighted by molar-refractivity contribution is 6.12. The predicted molar refractivity (Wildman–Crippen MR) is 159 cm³/mol. The summed E-state index contributed by atoms with van der Waals surface area (Å²) in [7, 11) is 0. The van der Waals surface area contributed by atoms with E-state index >= 15 is 0 Å². The quantitative estimate of drug-likeness (QED) is 0.0778. The van der Waals surface area contributed by atoms with Gasteiger partial charge in [0.25, 0.3) is 5.91 Å². The summed E-state index contributed by atoms with van der Waals surface area (Å²) >= 11 is 0. The molecule has 8 N–H and O–H groups in total. The molecule has 1 aromatic heterocycles. The lowest BCUT2D eigenvalue weighted by molar-refractivity contribution is -0.116. The first kappa shape index (κ1) is 30.4. The fourth-order valence-electron chi connectivity index (χ4n) is 4.59. The zero-order chi connectivity index (χ0) is 29.1. The number of nitrogens with zero attached hydrogens (tertiary/aromatic N) is 2. The molecule has 0 unspecified atom stereocenters. The lowest BCUT2D eigenvalue weighted by atomic mass is 9.97. The summed E-state index contributed by atoms with van der Waals surface area (Å²) in [5.41, 5.74) is 14.4. The number of aromatic nitrogens is 1. The number of hydrogen-bond acceptors (Lipinski definition) is 5. The molecule has 0 atom stereocenters. The van der Waals surface area contributed by atoms with Crippen LogP contribution in [0.25, 0.3) is 22.4 Å². The third-order valence-corrected chi connectivity index (χ3v) is 6.35. The van der Waals surface area contributed by atoms with Gasteiger partial charge in [-0.3, -0.25) is 14.6 Å². The van der Waals surface area contributed by atoms with Crippen LogP contribution in [0.15, 0.2) is 65.7 Å². The molecular weight excluding hydrogens is 508 g/mol. The number of anilines is 1. The summed E-state index contributed by atoms with van der Waals surface area (Å²) in [5.74, 6) is -0.140. The minimum atomic E-state index is -1.44. The molecule has 3 aromatic rings. The van der Waals surface area contributed by atoms with Crippen LogP contribution in [-0.2, 0) is 4.79 Å². The Morgan fingerprint density at radius 3 is 2.12 bits per heavy atom. The molecule has 0 aliphatic carbocycles. The summed E-state index contributed by atoms with van der Waals surface area (Å²) < 4.78 is 2.00. The van der Waals surface area contributed by atoms with Crippen molar-refractivity contribution >= 4 is 23.6 Å². The van der Waals surface area contributed by atoms with Crippen molar-refractivity contribution in [2.75, 3.05) is 18.4 Å². The number of hydrogen-bond donors (Lipinski definition) is 6. The summed E-state index contributed by atoms with van der Waals surface area (Å²) in [6.07, 6.45) is 0.540. The fraction of sp³-hybridized carbons (Fsp3) is 0.367. The molecule has 0 aliphatic rings. The van der Waals surface area contributed by atoms with Gasteiger partial charge in [-0.25, -0.2) is 0 Å². The smallest absolute Gasteiger partial charge is 0.255 e. The Kier molecular flexibility index (Phi) is 11.3. The highest BCUT2D eigenvalue weighted by Crippen LogP contribution is 2.43. The van der Waals surface area contributed by atoms with Crippen molar-refractivity contribution in [2.45, 2.75) is 58.3 Å². The van der Waals surface area contributed by atoms with E-state index in [4.69, 9.17) is 11.5 Å². The lowest BCUT2D eigenvalue weighted by Crippen LogP contribution is -2.27. The maximum absolute atomic E-state index is 13.8. The van der Waals surface area contributed by atoms with Crippen LogP contribution in [0.4, 0.5) is 5.82 Å². The first-order valence-corrected chi connectivity index (χ1v) is 13.6. The maximum atomic E-state index is 13.8. The number of nitrogens with one attached hydrogen (secondary N) is 2. The predicted octanol–water partition coefficient (Wildman–Crippen LogP) is 3.61. The van der Waals surface area contributed by atoms with Crippen LogP contribution in [0.2, 0.25) is 0 Å². The molecule has 0 spiro atoms. The monoisotopic (exact) mass is 548 g/mol. The molecule has 2 aromatic carbocycles. The fourth-order valence-corrected chi connectivity index (χ4v) is 4.59. The largest absolute Gasteiger partial charge is 0.370 e. The molecule has 0 aliphatic heterocycles. The summed E-state index contributed by atoms with van der Waals surface area (Å²) in [6.45, 7) is 4.70. The molecule has 10 heteroatoms. The first-order chi connectivity index (χ1) is 19.2. The van der Waals surface area contributed by atoms with Gasteiger partial charge in [0, 0.05) is 31.1 Å². The van der Waals surface area contributed by atoms with Gasteiger partial charge in [-0.05, 0) is 50.7 Å². The van der Waals surface area contributed by atoms with Crippen molar-refractivity contribution in [3.05, 3.63) is 66.2 Å². The van der Waals surface area contributed by atoms with E-state index in [9.17, 15) is 19.8 Å². The third-order valence-electron chi connectivity index (χ3n) is 6.35. The van der Waals surface area contributed by atoms with Crippen LogP contribution in [0.1, 0.15) is 62.4 Å². The van der Waals surface area contributed by atoms with E-state index < -0.39 is 6.29 Å². The van der Waals surface area contributed by atoms with Crippen LogP contribution < -0.4 is 22.1 Å². The number of aliphatic hydroxyl groups is 2. The van der Waals surface area contributed by atoms with Gasteiger partial charge >= 0.3 is 0 Å². The van der Waals surface area contributed by atoms with Crippen LogP contribution >= 0.6 is 0 Å². The number of guanidine groups is 1. The number of carbonyl (C=O) groups is 2. The Hall–Kier alpha value is -4.15. The molecule has 0 saturated heterocycles. The Labute approximate surface area is 235 Å². The minimum absolute atomic E-state index is 0.0187. The highest BCUT2D eigenvalue weighted by Gasteiger charge is 2.31. The molecule has 40 heavy (non-hydrogen) atoms. The number of unbranched alkanes of at least 4 members (excludes halogenated alkanes) is 1. The van der Waals surface area contributed by atoms with E-state index in [1.807, 2.05) is 79.1 Å². The molecule has 0 bridgehead atoms. The Morgan fingerprint density at radius 1 is 0.925 bits per heavy atom. The zero-order valence-corrected chi connectivity index (χ0v) is 23.1. The van der Waals surface area contributed by atoms with Gasteiger partial charge in [0.1, 0.15) is 5.82 Å². The van der Waals surface area contributed by atoms with Crippen molar-refractivity contribution in [2.24, 2.45) is 16.5 Å². The summed E-state index contributed by atoms with van der Waals surface area (Å²) in [5, 5.41) is 24.4. The summed E-state index contributed by atoms with van der Waals surface area (Å²) in [6, 6.07) is 19.3. The topological polar surface area (TPSA) is 168 Å². The lowest BCUT2D eigenvalue weighted by Gasteiger charge is -2.19. The summed E-state index contributed by atoms with van der Waals surface area (Å²) in [4.78, 5) is 31.0. The number of nitrogens with two attached hydrogens (primary N) is 2. The SMILES string of the molecule is CC(C)n1c(NC(=O)CCCCN=C(N)N)c(C(=O)NCCCC(O)O)c(-c2ccccc2)c1-c1ccccc1. The van der Waals surface area contributed by atoms with Crippen LogP contribution in [0.5, 0.6) is 0 Å². The normalized spacial score (nSPS) is 11.1. The van der Waals surface area contributed by atoms with E-state index in [0.717, 1.165) is 16.8 Å². The van der Waals surface area contributed by atoms with Crippen molar-refractivity contribution < 1.29 is 19.8 Å². The van der Waals surface area contributed by atoms with Crippen molar-refractivity contribution in [1.82, 2.24) is 9.88 Å². The average Bonchev–Trinajstić information content (AvgIpc) is 3.26. The molecule has 10 nitrogen and oxygen atoms in total. The number of aliphatic hydroxyl groups excluding tert-OH is 1. The Bertz CT molecular complexity index is 1280. The molecule has 0 fully saturated rings. The van der Waals surface area contributed by atoms with Crippen molar-refractivity contribution in [3.63, 3.8) is 0 Å². The number of amides is 2. The standard InChI is InChI=1S/C30H40N6O4/c1-20(2)36-27(22-14-7-4-8-15-22)25(21-12-5-3-6-13-21)26(29(40)33-19-11-17-24(38)39)28(36)35-23(37)16-9-10-18-34-30(31)32/h3-8,12-15,20,24,38-39H,9-11,16-19H2,1-2H3,(H,33,40)(H,35,37)(H4,31,32,34). The average molecular weight is 549 g/mol. The van der Waals surface area contributed by atoms with Gasteiger partial charge in [-0.15, -0.1) is 0 Å². The second-order valence-electron chi connectivity index (χ2n) is 9.83. The maximum Gasteiger partial charge on any atom is 0.255 e. The molecule has 0 saturated carbocycles. The number of benzene rings is 2. The van der Waals surface area contributed by atoms with E-state index in [1.165, 1.54) is 0 Å². The van der Waals surface area contributed by atoms with Gasteiger partial charge < -0.3 is 36.9 Å². The molecule has 2 amide bonds. The van der Waals surface area contributed by atoms with Crippen LogP contribution in [0, 0.1) is 0 Å². The highest BCUT2D eigenvalue weighted by atomic mass is 16.5. The number of carbonyl (C=O) groups excluding carboxylic acids is 2. The molecule has 214 valence electrons. The van der Waals surface area contributed by atoms with Gasteiger partial charge in [0.05, 0.1) is 11.3 Å². The van der Waals surface area contributed by atoms with E-state index in [0.29, 0.717) is 42.8 Å². The van der Waals surface area contributed by atoms with Crippen LogP contribution in [-0.4, -0.2) is 51.9 Å². The first-order valence-electron chi connectivity index (χ1n) is 13.6. The number of rotatable bonds is 14. The Morgan fingerprint density at radius 2 is 1.55 bits per heavy atom. The molecule has 0 radical (unpaired) electrons. The van der Waals surface area contributed by atoms with Gasteiger partial charge in [-0.2, -0.15) is 0 Å². The molecule has 3 rings (SSSR count). The Balaban J connectivity index is 2.11. The molecule has 1 heterocycles. The van der Waals surface area contributed by atoms with Gasteiger partial charge in [-0.1, -0.05) is 60.7 Å². The van der Waals surface area contributed by atoms with Gasteiger partial charge in [0.15, 0.2) is 12.2 Å². The number of aliphatic imine (C=N–C) groups is 1. The van der Waals surface area contributed by atoms with E-state index in [2.05, 4.69) is 15.6 Å². The minimum Gasteiger partial charge on any atom is -0.370 e. The van der Waals surface area contributed by atoms with Crippen LogP contribution in [0.3, 0.4) is 0 Å². The van der Waals surface area contributed by atoms with E-state index in [-0.39, 0.29) is 43.2 Å².